The molecular formula is C8H16N2O. The van der Waals surface area contributed by atoms with Gasteiger partial charge in [-0.1, -0.05) is 0 Å². The maximum atomic E-state index is 5.65. The predicted octanol–water partition coefficient (Wildman–Crippen LogP) is -0.321. The Hall–Kier alpha value is -0.120. The third kappa shape index (κ3) is 1.41. The van der Waals surface area contributed by atoms with E-state index in [1.54, 1.807) is 0 Å². The summed E-state index contributed by atoms with van der Waals surface area (Å²) in [7, 11) is 2.20. The van der Waals surface area contributed by atoms with Crippen LogP contribution < -0.4 is 5.32 Å². The largest absolute Gasteiger partial charge is 0.374 e. The van der Waals surface area contributed by atoms with Crippen molar-refractivity contribution in [3.05, 3.63) is 0 Å². The molecular weight excluding hydrogens is 140 g/mol. The fourth-order valence-corrected chi connectivity index (χ4v) is 2.00. The summed E-state index contributed by atoms with van der Waals surface area (Å²) in [4.78, 5) is 2.43. The first kappa shape index (κ1) is 7.53. The Morgan fingerprint density at radius 3 is 3.27 bits per heavy atom. The molecule has 2 aliphatic heterocycles. The number of rotatable bonds is 0. The molecule has 2 atom stereocenters. The van der Waals surface area contributed by atoms with E-state index in [2.05, 4.69) is 17.3 Å². The Morgan fingerprint density at radius 1 is 1.55 bits per heavy atom. The molecule has 2 aliphatic rings. The molecule has 2 heterocycles. The van der Waals surface area contributed by atoms with Gasteiger partial charge in [-0.25, -0.2) is 0 Å². The summed E-state index contributed by atoms with van der Waals surface area (Å²) in [5.41, 5.74) is 0. The average Bonchev–Trinajstić information content (AvgIpc) is 2.06. The average molecular weight is 156 g/mol. The summed E-state index contributed by atoms with van der Waals surface area (Å²) in [5.74, 6) is 0. The Bertz CT molecular complexity index is 138. The molecule has 0 aromatic carbocycles. The molecule has 0 spiro atoms. The number of nitrogens with one attached hydrogen (secondary N) is 1. The van der Waals surface area contributed by atoms with E-state index in [1.807, 2.05) is 0 Å². The van der Waals surface area contributed by atoms with Crippen molar-refractivity contribution >= 4 is 0 Å². The number of hydrogen-bond acceptors (Lipinski definition) is 3. The number of morpholine rings is 1. The first-order valence-corrected chi connectivity index (χ1v) is 4.40. The van der Waals surface area contributed by atoms with E-state index in [1.165, 1.54) is 6.42 Å². The van der Waals surface area contributed by atoms with Gasteiger partial charge in [0.2, 0.25) is 0 Å². The summed E-state index contributed by atoms with van der Waals surface area (Å²) in [6.07, 6.45) is 1.68. The lowest BCUT2D eigenvalue weighted by Gasteiger charge is -2.42. The SMILES string of the molecule is CN1CCO[C@H]2CNCC[C@H]21. The van der Waals surface area contributed by atoms with Crippen molar-refractivity contribution in [1.29, 1.82) is 0 Å². The minimum absolute atomic E-state index is 0.447. The van der Waals surface area contributed by atoms with Gasteiger partial charge < -0.3 is 10.1 Å². The number of likely N-dealkylation sites (N-methyl/N-ethyl adjacent to an activating group) is 1. The third-order valence-electron chi connectivity index (χ3n) is 2.73. The second-order valence-electron chi connectivity index (χ2n) is 3.45. The van der Waals surface area contributed by atoms with E-state index in [9.17, 15) is 0 Å². The highest BCUT2D eigenvalue weighted by atomic mass is 16.5. The maximum Gasteiger partial charge on any atom is 0.0855 e. The molecule has 0 aliphatic carbocycles. The standard InChI is InChI=1S/C8H16N2O/c1-10-4-5-11-8-6-9-3-2-7(8)10/h7-9H,2-6H2,1H3/t7-,8+/m1/s1. The molecule has 3 heteroatoms. The molecule has 0 amide bonds. The zero-order valence-electron chi connectivity index (χ0n) is 7.05. The second kappa shape index (κ2) is 3.09. The van der Waals surface area contributed by atoms with Crippen molar-refractivity contribution in [2.75, 3.05) is 33.3 Å². The Morgan fingerprint density at radius 2 is 2.45 bits per heavy atom. The number of piperidine rings is 1. The minimum atomic E-state index is 0.447. The monoisotopic (exact) mass is 156 g/mol. The highest BCUT2D eigenvalue weighted by Gasteiger charge is 2.31. The summed E-state index contributed by atoms with van der Waals surface area (Å²) < 4.78 is 5.65. The first-order chi connectivity index (χ1) is 5.38. The predicted molar refractivity (Wildman–Crippen MR) is 43.6 cm³/mol. The van der Waals surface area contributed by atoms with Crippen molar-refractivity contribution in [2.24, 2.45) is 0 Å². The fourth-order valence-electron chi connectivity index (χ4n) is 2.00. The Kier molecular flexibility index (Phi) is 2.11. The normalized spacial score (nSPS) is 40.1. The third-order valence-corrected chi connectivity index (χ3v) is 2.73. The zero-order chi connectivity index (χ0) is 7.68. The lowest BCUT2D eigenvalue weighted by Crippen LogP contribution is -2.57. The molecule has 2 saturated heterocycles. The van der Waals surface area contributed by atoms with E-state index in [0.717, 1.165) is 26.2 Å². The molecule has 0 aromatic heterocycles. The van der Waals surface area contributed by atoms with Crippen LogP contribution in [0.25, 0.3) is 0 Å². The second-order valence-corrected chi connectivity index (χ2v) is 3.45. The molecule has 2 rings (SSSR count). The minimum Gasteiger partial charge on any atom is -0.374 e. The van der Waals surface area contributed by atoms with Crippen LogP contribution in [0.3, 0.4) is 0 Å². The van der Waals surface area contributed by atoms with Crippen LogP contribution in [0, 0.1) is 0 Å². The fraction of sp³-hybridized carbons (Fsp3) is 1.00. The lowest BCUT2D eigenvalue weighted by molar-refractivity contribution is -0.0716. The number of ether oxygens (including phenoxy) is 1. The van der Waals surface area contributed by atoms with Crippen molar-refractivity contribution < 1.29 is 4.74 Å². The van der Waals surface area contributed by atoms with Crippen LogP contribution in [0.1, 0.15) is 6.42 Å². The molecule has 0 saturated carbocycles. The summed E-state index contributed by atoms with van der Waals surface area (Å²) in [6.45, 7) is 4.18. The number of nitrogens with zero attached hydrogens (tertiary/aromatic N) is 1. The van der Waals surface area contributed by atoms with Crippen molar-refractivity contribution in [3.8, 4) is 0 Å². The molecule has 0 radical (unpaired) electrons. The quantitative estimate of drug-likeness (QED) is 0.520. The highest BCUT2D eigenvalue weighted by molar-refractivity contribution is 4.87. The van der Waals surface area contributed by atoms with Gasteiger partial charge in [0.25, 0.3) is 0 Å². The van der Waals surface area contributed by atoms with E-state index in [0.29, 0.717) is 12.1 Å². The van der Waals surface area contributed by atoms with Crippen molar-refractivity contribution in [1.82, 2.24) is 10.2 Å². The summed E-state index contributed by atoms with van der Waals surface area (Å²) >= 11 is 0. The van der Waals surface area contributed by atoms with E-state index >= 15 is 0 Å². The zero-order valence-corrected chi connectivity index (χ0v) is 7.05. The molecule has 0 bridgehead atoms. The first-order valence-electron chi connectivity index (χ1n) is 4.40. The Balaban J connectivity index is 1.99. The van der Waals surface area contributed by atoms with E-state index < -0.39 is 0 Å². The smallest absolute Gasteiger partial charge is 0.0855 e. The van der Waals surface area contributed by atoms with Gasteiger partial charge >= 0.3 is 0 Å². The van der Waals surface area contributed by atoms with Gasteiger partial charge in [0.1, 0.15) is 0 Å². The Labute approximate surface area is 67.7 Å². The van der Waals surface area contributed by atoms with Crippen LogP contribution in [0.5, 0.6) is 0 Å². The van der Waals surface area contributed by atoms with Crippen LogP contribution in [0.15, 0.2) is 0 Å². The van der Waals surface area contributed by atoms with Crippen molar-refractivity contribution in [3.63, 3.8) is 0 Å². The molecule has 64 valence electrons. The topological polar surface area (TPSA) is 24.5 Å². The summed E-state index contributed by atoms with van der Waals surface area (Å²) in [6, 6.07) is 0.671. The summed E-state index contributed by atoms with van der Waals surface area (Å²) in [5, 5.41) is 3.35. The molecule has 0 aromatic rings. The molecule has 3 nitrogen and oxygen atoms in total. The van der Waals surface area contributed by atoms with Gasteiger partial charge in [-0.15, -0.1) is 0 Å². The van der Waals surface area contributed by atoms with Gasteiger partial charge in [0.05, 0.1) is 12.7 Å². The number of fused-ring (bicyclic) bond motifs is 1. The maximum absolute atomic E-state index is 5.65. The van der Waals surface area contributed by atoms with Gasteiger partial charge in [-0.05, 0) is 20.0 Å². The number of hydrogen-bond donors (Lipinski definition) is 1. The van der Waals surface area contributed by atoms with Crippen LogP contribution in [-0.2, 0) is 4.74 Å². The van der Waals surface area contributed by atoms with E-state index in [-0.39, 0.29) is 0 Å². The molecule has 2 fully saturated rings. The van der Waals surface area contributed by atoms with E-state index in [4.69, 9.17) is 4.74 Å². The van der Waals surface area contributed by atoms with Crippen molar-refractivity contribution in [2.45, 2.75) is 18.6 Å². The van der Waals surface area contributed by atoms with Gasteiger partial charge in [0, 0.05) is 19.1 Å². The van der Waals surface area contributed by atoms with Crippen LogP contribution in [-0.4, -0.2) is 50.3 Å². The molecule has 0 unspecified atom stereocenters. The molecule has 11 heavy (non-hydrogen) atoms. The van der Waals surface area contributed by atoms with Gasteiger partial charge in [0.15, 0.2) is 0 Å². The lowest BCUT2D eigenvalue weighted by atomic mass is 10.0. The highest BCUT2D eigenvalue weighted by Crippen LogP contribution is 2.17. The van der Waals surface area contributed by atoms with Gasteiger partial charge in [-0.2, -0.15) is 0 Å². The van der Waals surface area contributed by atoms with Crippen LogP contribution in [0.2, 0.25) is 0 Å². The molecule has 1 N–H and O–H groups in total. The van der Waals surface area contributed by atoms with Gasteiger partial charge in [-0.3, -0.25) is 4.90 Å². The van der Waals surface area contributed by atoms with Crippen LogP contribution in [0.4, 0.5) is 0 Å². The van der Waals surface area contributed by atoms with Crippen LogP contribution >= 0.6 is 0 Å².